The van der Waals surface area contributed by atoms with Gasteiger partial charge in [-0.25, -0.2) is 0 Å². The van der Waals surface area contributed by atoms with Gasteiger partial charge in [-0.05, 0) is 49.1 Å². The van der Waals surface area contributed by atoms with E-state index >= 15 is 0 Å². The van der Waals surface area contributed by atoms with Crippen LogP contribution in [0.4, 0.5) is 5.69 Å². The molecule has 0 radical (unpaired) electrons. The maximum atomic E-state index is 12.2. The fraction of sp³-hybridized carbons (Fsp3) is 0.273. The van der Waals surface area contributed by atoms with Crippen molar-refractivity contribution in [2.24, 2.45) is 0 Å². The fourth-order valence-electron chi connectivity index (χ4n) is 2.95. The normalized spacial score (nSPS) is 11.9. The van der Waals surface area contributed by atoms with Gasteiger partial charge >= 0.3 is 5.97 Å². The number of aryl methyl sites for hydroxylation is 2. The average Bonchev–Trinajstić information content (AvgIpc) is 3.10. The van der Waals surface area contributed by atoms with Gasteiger partial charge in [-0.3, -0.25) is 9.59 Å². The number of amides is 1. The number of aromatic nitrogens is 1. The molecule has 0 fully saturated rings. The number of aromatic amines is 1. The van der Waals surface area contributed by atoms with Crippen LogP contribution in [-0.4, -0.2) is 23.0 Å². The van der Waals surface area contributed by atoms with Gasteiger partial charge in [-0.2, -0.15) is 0 Å². The predicted molar refractivity (Wildman–Crippen MR) is 107 cm³/mol. The maximum absolute atomic E-state index is 12.2. The topological polar surface area (TPSA) is 71.2 Å². The van der Waals surface area contributed by atoms with E-state index in [9.17, 15) is 9.59 Å². The van der Waals surface area contributed by atoms with Crippen molar-refractivity contribution in [1.29, 1.82) is 0 Å². The van der Waals surface area contributed by atoms with Crippen LogP contribution < -0.4 is 5.32 Å². The van der Waals surface area contributed by atoms with Crippen LogP contribution in [0.3, 0.4) is 0 Å². The first-order valence-electron chi connectivity index (χ1n) is 9.21. The van der Waals surface area contributed by atoms with E-state index in [4.69, 9.17) is 4.74 Å². The van der Waals surface area contributed by atoms with E-state index in [0.29, 0.717) is 12.1 Å². The second-order valence-corrected chi connectivity index (χ2v) is 6.53. The molecule has 1 heterocycles. The number of fused-ring (bicyclic) bond motifs is 1. The molecule has 0 bridgehead atoms. The van der Waals surface area contributed by atoms with Gasteiger partial charge in [-0.1, -0.05) is 37.3 Å². The van der Waals surface area contributed by atoms with E-state index in [1.165, 1.54) is 5.56 Å². The number of hydrogen-bond donors (Lipinski definition) is 2. The van der Waals surface area contributed by atoms with E-state index in [1.54, 1.807) is 6.92 Å². The summed E-state index contributed by atoms with van der Waals surface area (Å²) in [7, 11) is 0. The van der Waals surface area contributed by atoms with Crippen molar-refractivity contribution in [2.75, 3.05) is 5.32 Å². The molecule has 2 N–H and O–H groups in total. The smallest absolute Gasteiger partial charge is 0.306 e. The summed E-state index contributed by atoms with van der Waals surface area (Å²) >= 11 is 0. The Labute approximate surface area is 158 Å². The summed E-state index contributed by atoms with van der Waals surface area (Å²) in [4.78, 5) is 27.5. The van der Waals surface area contributed by atoms with Crippen LogP contribution in [0, 0.1) is 0 Å². The van der Waals surface area contributed by atoms with Crippen LogP contribution in [0.15, 0.2) is 54.7 Å². The van der Waals surface area contributed by atoms with E-state index in [-0.39, 0.29) is 18.3 Å². The minimum atomic E-state index is -0.841. The van der Waals surface area contributed by atoms with Gasteiger partial charge in [-0.15, -0.1) is 0 Å². The first-order chi connectivity index (χ1) is 13.1. The molecule has 1 amide bonds. The van der Waals surface area contributed by atoms with Crippen LogP contribution in [-0.2, 0) is 27.2 Å². The number of nitrogens with one attached hydrogen (secondary N) is 2. The third-order valence-electron chi connectivity index (χ3n) is 4.58. The van der Waals surface area contributed by atoms with Gasteiger partial charge in [0.25, 0.3) is 5.91 Å². The monoisotopic (exact) mass is 364 g/mol. The Balaban J connectivity index is 1.49. The third-order valence-corrected chi connectivity index (χ3v) is 4.58. The van der Waals surface area contributed by atoms with Crippen molar-refractivity contribution in [1.82, 2.24) is 4.98 Å². The summed E-state index contributed by atoms with van der Waals surface area (Å²) in [6.45, 7) is 3.66. The van der Waals surface area contributed by atoms with Gasteiger partial charge in [0.2, 0.25) is 0 Å². The molecule has 5 heteroatoms. The number of anilines is 1. The highest BCUT2D eigenvalue weighted by Gasteiger charge is 2.18. The van der Waals surface area contributed by atoms with E-state index in [0.717, 1.165) is 22.9 Å². The van der Waals surface area contributed by atoms with Crippen LogP contribution in [0.2, 0.25) is 0 Å². The van der Waals surface area contributed by atoms with Gasteiger partial charge < -0.3 is 15.0 Å². The molecule has 0 saturated carbocycles. The van der Waals surface area contributed by atoms with Crippen molar-refractivity contribution in [3.05, 3.63) is 65.9 Å². The zero-order chi connectivity index (χ0) is 19.2. The standard InChI is InChI=1S/C22H24N2O3/c1-3-16-8-11-18(12-9-16)24-22(26)15(2)27-21(25)13-10-17-14-23-20-7-5-4-6-19(17)20/h4-9,11-12,14-15,23H,3,10,13H2,1-2H3,(H,24,26)/t15-/m0/s1. The molecule has 3 rings (SSSR count). The first kappa shape index (κ1) is 18.7. The molecule has 0 spiro atoms. The summed E-state index contributed by atoms with van der Waals surface area (Å²) in [6, 6.07) is 15.6. The number of H-pyrrole nitrogens is 1. The summed E-state index contributed by atoms with van der Waals surface area (Å²) in [5.74, 6) is -0.719. The molecule has 27 heavy (non-hydrogen) atoms. The highest BCUT2D eigenvalue weighted by atomic mass is 16.5. The minimum Gasteiger partial charge on any atom is -0.453 e. The third kappa shape index (κ3) is 4.76. The zero-order valence-electron chi connectivity index (χ0n) is 15.6. The molecule has 0 saturated heterocycles. The Hall–Kier alpha value is -3.08. The fourth-order valence-corrected chi connectivity index (χ4v) is 2.95. The Morgan fingerprint density at radius 2 is 1.85 bits per heavy atom. The number of esters is 1. The molecule has 5 nitrogen and oxygen atoms in total. The second kappa shape index (κ2) is 8.54. The highest BCUT2D eigenvalue weighted by Crippen LogP contribution is 2.19. The lowest BCUT2D eigenvalue weighted by molar-refractivity contribution is -0.153. The number of rotatable bonds is 7. The second-order valence-electron chi connectivity index (χ2n) is 6.53. The Morgan fingerprint density at radius 3 is 2.59 bits per heavy atom. The van der Waals surface area contributed by atoms with Crippen LogP contribution >= 0.6 is 0 Å². The SMILES string of the molecule is CCc1ccc(NC(=O)[C@H](C)OC(=O)CCc2c[nH]c3ccccc23)cc1. The number of carbonyl (C=O) groups is 2. The largest absolute Gasteiger partial charge is 0.453 e. The predicted octanol–water partition coefficient (Wildman–Crippen LogP) is 4.23. The van der Waals surface area contributed by atoms with Crippen LogP contribution in [0.25, 0.3) is 10.9 Å². The molecule has 1 aromatic heterocycles. The van der Waals surface area contributed by atoms with Crippen LogP contribution in [0.5, 0.6) is 0 Å². The van der Waals surface area contributed by atoms with Gasteiger partial charge in [0.05, 0.1) is 0 Å². The Morgan fingerprint density at radius 1 is 1.11 bits per heavy atom. The van der Waals surface area contributed by atoms with E-state index in [2.05, 4.69) is 17.2 Å². The zero-order valence-corrected chi connectivity index (χ0v) is 15.6. The molecule has 1 atom stereocenters. The van der Waals surface area contributed by atoms with Crippen molar-refractivity contribution in [2.45, 2.75) is 39.2 Å². The molecule has 0 aliphatic rings. The summed E-state index contributed by atoms with van der Waals surface area (Å²) in [5, 5.41) is 3.87. The lowest BCUT2D eigenvalue weighted by Gasteiger charge is -2.13. The highest BCUT2D eigenvalue weighted by molar-refractivity contribution is 5.95. The van der Waals surface area contributed by atoms with Crippen molar-refractivity contribution < 1.29 is 14.3 Å². The Kier molecular flexibility index (Phi) is 5.91. The molecule has 140 valence electrons. The van der Waals surface area contributed by atoms with Gasteiger partial charge in [0, 0.05) is 29.2 Å². The first-order valence-corrected chi connectivity index (χ1v) is 9.21. The Bertz CT molecular complexity index is 928. The van der Waals surface area contributed by atoms with Crippen molar-refractivity contribution in [3.8, 4) is 0 Å². The summed E-state index contributed by atoms with van der Waals surface area (Å²) < 4.78 is 5.28. The lowest BCUT2D eigenvalue weighted by atomic mass is 10.1. The minimum absolute atomic E-state index is 0.227. The summed E-state index contributed by atoms with van der Waals surface area (Å²) in [6.07, 6.45) is 2.80. The maximum Gasteiger partial charge on any atom is 0.306 e. The summed E-state index contributed by atoms with van der Waals surface area (Å²) in [5.41, 5.74) is 4.00. The number of carbonyl (C=O) groups excluding carboxylic acids is 2. The molecule has 3 aromatic rings. The van der Waals surface area contributed by atoms with E-state index in [1.807, 2.05) is 54.7 Å². The number of hydrogen-bond acceptors (Lipinski definition) is 3. The van der Waals surface area contributed by atoms with E-state index < -0.39 is 6.10 Å². The number of benzene rings is 2. The quantitative estimate of drug-likeness (QED) is 0.616. The number of para-hydroxylation sites is 1. The van der Waals surface area contributed by atoms with Crippen molar-refractivity contribution >= 4 is 28.5 Å². The van der Waals surface area contributed by atoms with Gasteiger partial charge in [0.1, 0.15) is 0 Å². The van der Waals surface area contributed by atoms with Gasteiger partial charge in [0.15, 0.2) is 6.10 Å². The number of ether oxygens (including phenoxy) is 1. The molecule has 0 aliphatic carbocycles. The molecule has 2 aromatic carbocycles. The van der Waals surface area contributed by atoms with Crippen LogP contribution in [0.1, 0.15) is 31.4 Å². The molecular weight excluding hydrogens is 340 g/mol. The molecule has 0 aliphatic heterocycles. The van der Waals surface area contributed by atoms with Crippen molar-refractivity contribution in [3.63, 3.8) is 0 Å². The molecule has 0 unspecified atom stereocenters. The molecular formula is C22H24N2O3. The lowest BCUT2D eigenvalue weighted by Crippen LogP contribution is -2.30. The average molecular weight is 364 g/mol.